The van der Waals surface area contributed by atoms with Gasteiger partial charge in [0.1, 0.15) is 11.6 Å². The fraction of sp³-hybridized carbons (Fsp3) is 0.125. The normalized spacial score (nSPS) is 9.89. The molecular formula is C16H13FO. The Morgan fingerprint density at radius 3 is 2.56 bits per heavy atom. The molecule has 0 saturated heterocycles. The van der Waals surface area contributed by atoms with Crippen molar-refractivity contribution in [3.8, 4) is 29.2 Å². The molecule has 0 fully saturated rings. The summed E-state index contributed by atoms with van der Waals surface area (Å²) in [7, 11) is 1.58. The highest BCUT2D eigenvalue weighted by Gasteiger charge is 2.08. The summed E-state index contributed by atoms with van der Waals surface area (Å²) in [6, 6.07) is 10.3. The van der Waals surface area contributed by atoms with Gasteiger partial charge in [-0.1, -0.05) is 12.0 Å². The summed E-state index contributed by atoms with van der Waals surface area (Å²) >= 11 is 0. The molecule has 0 N–H and O–H groups in total. The zero-order valence-electron chi connectivity index (χ0n) is 10.3. The number of terminal acetylenes is 1. The summed E-state index contributed by atoms with van der Waals surface area (Å²) in [5.41, 5.74) is 3.17. The van der Waals surface area contributed by atoms with Crippen LogP contribution < -0.4 is 4.74 Å². The maximum atomic E-state index is 13.5. The molecule has 1 nitrogen and oxygen atoms in total. The van der Waals surface area contributed by atoms with Gasteiger partial charge in [0.05, 0.1) is 7.11 Å². The van der Waals surface area contributed by atoms with E-state index in [2.05, 4.69) is 5.92 Å². The van der Waals surface area contributed by atoms with Crippen molar-refractivity contribution in [3.63, 3.8) is 0 Å². The number of rotatable bonds is 2. The van der Waals surface area contributed by atoms with E-state index in [0.717, 1.165) is 22.3 Å². The Morgan fingerprint density at radius 2 is 1.94 bits per heavy atom. The SMILES string of the molecule is C#Cc1ccc(OC)c(-c2cc(C)cc(F)c2)c1. The summed E-state index contributed by atoms with van der Waals surface area (Å²) in [5.74, 6) is 2.98. The summed E-state index contributed by atoms with van der Waals surface area (Å²) in [4.78, 5) is 0. The molecule has 0 aromatic heterocycles. The van der Waals surface area contributed by atoms with E-state index in [1.165, 1.54) is 12.1 Å². The van der Waals surface area contributed by atoms with E-state index >= 15 is 0 Å². The van der Waals surface area contributed by atoms with Gasteiger partial charge in [0.15, 0.2) is 0 Å². The van der Waals surface area contributed by atoms with Crippen LogP contribution in [0.5, 0.6) is 5.75 Å². The monoisotopic (exact) mass is 240 g/mol. The Morgan fingerprint density at radius 1 is 1.17 bits per heavy atom. The van der Waals surface area contributed by atoms with Crippen molar-refractivity contribution >= 4 is 0 Å². The van der Waals surface area contributed by atoms with Crippen LogP contribution in [-0.2, 0) is 0 Å². The molecule has 0 radical (unpaired) electrons. The minimum absolute atomic E-state index is 0.266. The van der Waals surface area contributed by atoms with Crippen LogP contribution in [0.2, 0.25) is 0 Å². The van der Waals surface area contributed by atoms with Crippen molar-refractivity contribution in [1.29, 1.82) is 0 Å². The van der Waals surface area contributed by atoms with Crippen LogP contribution in [0.3, 0.4) is 0 Å². The van der Waals surface area contributed by atoms with Crippen molar-refractivity contribution in [1.82, 2.24) is 0 Å². The van der Waals surface area contributed by atoms with Gasteiger partial charge in [-0.3, -0.25) is 0 Å². The molecule has 0 aliphatic rings. The first kappa shape index (κ1) is 12.2. The number of methoxy groups -OCH3 is 1. The third-order valence-corrected chi connectivity index (χ3v) is 2.72. The molecule has 2 aromatic rings. The second kappa shape index (κ2) is 4.93. The van der Waals surface area contributed by atoms with Crippen LogP contribution in [0.25, 0.3) is 11.1 Å². The van der Waals surface area contributed by atoms with Gasteiger partial charge in [0.25, 0.3) is 0 Å². The van der Waals surface area contributed by atoms with Crippen LogP contribution in [0, 0.1) is 25.1 Å². The Labute approximate surface area is 106 Å². The average Bonchev–Trinajstić information content (AvgIpc) is 2.36. The highest BCUT2D eigenvalue weighted by molar-refractivity contribution is 5.72. The minimum atomic E-state index is -0.266. The lowest BCUT2D eigenvalue weighted by molar-refractivity contribution is 0.416. The molecule has 90 valence electrons. The van der Waals surface area contributed by atoms with E-state index in [1.54, 1.807) is 19.2 Å². The maximum absolute atomic E-state index is 13.5. The van der Waals surface area contributed by atoms with Crippen LogP contribution in [0.1, 0.15) is 11.1 Å². The van der Waals surface area contributed by atoms with Crippen molar-refractivity contribution in [2.75, 3.05) is 7.11 Å². The Bertz CT molecular complexity index is 603. The number of ether oxygens (including phenoxy) is 1. The van der Waals surface area contributed by atoms with Crippen LogP contribution in [0.4, 0.5) is 4.39 Å². The number of hydrogen-bond donors (Lipinski definition) is 0. The molecule has 0 spiro atoms. The number of halogens is 1. The molecule has 0 heterocycles. The lowest BCUT2D eigenvalue weighted by Gasteiger charge is -2.10. The third-order valence-electron chi connectivity index (χ3n) is 2.72. The molecule has 0 atom stereocenters. The zero-order valence-corrected chi connectivity index (χ0v) is 10.3. The van der Waals surface area contributed by atoms with Crippen LogP contribution in [-0.4, -0.2) is 7.11 Å². The summed E-state index contributed by atoms with van der Waals surface area (Å²) in [5, 5.41) is 0. The molecule has 0 aliphatic carbocycles. The fourth-order valence-corrected chi connectivity index (χ4v) is 1.92. The van der Waals surface area contributed by atoms with E-state index in [4.69, 9.17) is 11.2 Å². The highest BCUT2D eigenvalue weighted by Crippen LogP contribution is 2.31. The van der Waals surface area contributed by atoms with Gasteiger partial charge in [0.2, 0.25) is 0 Å². The standard InChI is InChI=1S/C16H13FO/c1-4-12-5-6-16(18-3)15(9-12)13-7-11(2)8-14(17)10-13/h1,5-10H,2-3H3. The second-order valence-corrected chi connectivity index (χ2v) is 4.08. The molecular weight excluding hydrogens is 227 g/mol. The van der Waals surface area contributed by atoms with Gasteiger partial charge < -0.3 is 4.74 Å². The molecule has 0 saturated carbocycles. The first-order chi connectivity index (χ1) is 8.63. The Kier molecular flexibility index (Phi) is 3.34. The lowest BCUT2D eigenvalue weighted by Crippen LogP contribution is -1.90. The lowest BCUT2D eigenvalue weighted by atomic mass is 10.00. The van der Waals surface area contributed by atoms with E-state index in [-0.39, 0.29) is 5.82 Å². The highest BCUT2D eigenvalue weighted by atomic mass is 19.1. The smallest absolute Gasteiger partial charge is 0.126 e. The predicted molar refractivity (Wildman–Crippen MR) is 71.1 cm³/mol. The number of hydrogen-bond acceptors (Lipinski definition) is 1. The molecule has 2 rings (SSSR count). The quantitative estimate of drug-likeness (QED) is 0.726. The van der Waals surface area contributed by atoms with Crippen molar-refractivity contribution in [2.24, 2.45) is 0 Å². The van der Waals surface area contributed by atoms with Crippen molar-refractivity contribution in [2.45, 2.75) is 6.92 Å². The van der Waals surface area contributed by atoms with Crippen LogP contribution in [0.15, 0.2) is 36.4 Å². The molecule has 0 amide bonds. The summed E-state index contributed by atoms with van der Waals surface area (Å²) in [6.45, 7) is 1.85. The van der Waals surface area contributed by atoms with Crippen molar-refractivity contribution < 1.29 is 9.13 Å². The Balaban J connectivity index is 2.65. The first-order valence-electron chi connectivity index (χ1n) is 5.56. The average molecular weight is 240 g/mol. The number of aryl methyl sites for hydroxylation is 1. The molecule has 0 aliphatic heterocycles. The van der Waals surface area contributed by atoms with E-state index in [9.17, 15) is 4.39 Å². The van der Waals surface area contributed by atoms with Gasteiger partial charge in [-0.25, -0.2) is 4.39 Å². The largest absolute Gasteiger partial charge is 0.496 e. The van der Waals surface area contributed by atoms with Gasteiger partial charge in [0, 0.05) is 11.1 Å². The predicted octanol–water partition coefficient (Wildman–Crippen LogP) is 3.79. The van der Waals surface area contributed by atoms with Gasteiger partial charge in [-0.15, -0.1) is 6.42 Å². The minimum Gasteiger partial charge on any atom is -0.496 e. The molecule has 0 bridgehead atoms. The molecule has 2 heteroatoms. The van der Waals surface area contributed by atoms with E-state index in [1.807, 2.05) is 19.1 Å². The third kappa shape index (κ3) is 2.36. The number of benzene rings is 2. The van der Waals surface area contributed by atoms with E-state index in [0.29, 0.717) is 5.75 Å². The van der Waals surface area contributed by atoms with Crippen molar-refractivity contribution in [3.05, 3.63) is 53.3 Å². The Hall–Kier alpha value is -2.27. The van der Waals surface area contributed by atoms with E-state index < -0.39 is 0 Å². The van der Waals surface area contributed by atoms with Gasteiger partial charge in [-0.2, -0.15) is 0 Å². The molecule has 2 aromatic carbocycles. The first-order valence-corrected chi connectivity index (χ1v) is 5.56. The zero-order chi connectivity index (χ0) is 13.1. The van der Waals surface area contributed by atoms with Gasteiger partial charge in [-0.05, 0) is 48.4 Å². The fourth-order valence-electron chi connectivity index (χ4n) is 1.92. The topological polar surface area (TPSA) is 9.23 Å². The van der Waals surface area contributed by atoms with Gasteiger partial charge >= 0.3 is 0 Å². The van der Waals surface area contributed by atoms with Crippen LogP contribution >= 0.6 is 0 Å². The summed E-state index contributed by atoms with van der Waals surface area (Å²) in [6.07, 6.45) is 5.38. The maximum Gasteiger partial charge on any atom is 0.126 e. The molecule has 18 heavy (non-hydrogen) atoms. The second-order valence-electron chi connectivity index (χ2n) is 4.08. The summed E-state index contributed by atoms with van der Waals surface area (Å²) < 4.78 is 18.7. The molecule has 0 unspecified atom stereocenters.